The molecular formula is C29H57N3S. The van der Waals surface area contributed by atoms with Crippen LogP contribution in [0.5, 0.6) is 0 Å². The highest BCUT2D eigenvalue weighted by Crippen LogP contribution is 2.35. The Bertz CT molecular complexity index is 615. The zero-order valence-corrected chi connectivity index (χ0v) is 24.5. The molecular weight excluding hydrogens is 422 g/mol. The second-order valence-electron chi connectivity index (χ2n) is 8.70. The van der Waals surface area contributed by atoms with Crippen molar-refractivity contribution in [2.75, 3.05) is 18.9 Å². The summed E-state index contributed by atoms with van der Waals surface area (Å²) in [5.41, 5.74) is 7.44. The number of benzene rings is 1. The maximum Gasteiger partial charge on any atom is 0.0450 e. The molecule has 0 radical (unpaired) electrons. The van der Waals surface area contributed by atoms with Crippen LogP contribution in [-0.2, 0) is 25.7 Å². The summed E-state index contributed by atoms with van der Waals surface area (Å²) in [6, 6.07) is 3.24. The Morgan fingerprint density at radius 2 is 1.76 bits per heavy atom. The summed E-state index contributed by atoms with van der Waals surface area (Å²) in [4.78, 5) is 2.50. The summed E-state index contributed by atoms with van der Waals surface area (Å²) < 4.78 is 0. The number of thiol groups is 1. The summed E-state index contributed by atoms with van der Waals surface area (Å²) in [5.74, 6) is 0.880. The molecule has 1 aromatic rings. The van der Waals surface area contributed by atoms with Crippen molar-refractivity contribution in [3.63, 3.8) is 0 Å². The van der Waals surface area contributed by atoms with Gasteiger partial charge >= 0.3 is 0 Å². The third-order valence-corrected chi connectivity index (χ3v) is 6.70. The van der Waals surface area contributed by atoms with E-state index >= 15 is 0 Å². The Labute approximate surface area is 213 Å². The Kier molecular flexibility index (Phi) is 22.3. The van der Waals surface area contributed by atoms with Crippen molar-refractivity contribution in [1.82, 2.24) is 4.90 Å². The quantitative estimate of drug-likeness (QED) is 0.280. The average Bonchev–Trinajstić information content (AvgIpc) is 3.34. The van der Waals surface area contributed by atoms with Crippen LogP contribution < -0.4 is 10.5 Å². The third kappa shape index (κ3) is 11.8. The van der Waals surface area contributed by atoms with E-state index in [0.29, 0.717) is 0 Å². The van der Waals surface area contributed by atoms with E-state index in [9.17, 15) is 0 Å². The monoisotopic (exact) mass is 479 g/mol. The van der Waals surface area contributed by atoms with Crippen molar-refractivity contribution in [2.45, 2.75) is 119 Å². The molecule has 1 aliphatic carbocycles. The van der Waals surface area contributed by atoms with Crippen LogP contribution in [-0.4, -0.2) is 24.5 Å². The number of hydrogen-bond acceptors (Lipinski definition) is 4. The summed E-state index contributed by atoms with van der Waals surface area (Å²) >= 11 is 3.03. The maximum atomic E-state index is 4.19. The van der Waals surface area contributed by atoms with Crippen LogP contribution >= 0.6 is 12.8 Å². The van der Waals surface area contributed by atoms with Crippen molar-refractivity contribution in [1.29, 1.82) is 0 Å². The van der Waals surface area contributed by atoms with Crippen molar-refractivity contribution in [2.24, 2.45) is 11.1 Å². The third-order valence-electron chi connectivity index (χ3n) is 6.70. The minimum absolute atomic E-state index is 0.810. The predicted molar refractivity (Wildman–Crippen MR) is 157 cm³/mol. The lowest BCUT2D eigenvalue weighted by Gasteiger charge is -2.28. The van der Waals surface area contributed by atoms with E-state index in [1.54, 1.807) is 5.56 Å². The van der Waals surface area contributed by atoms with Gasteiger partial charge in [0.15, 0.2) is 0 Å². The lowest BCUT2D eigenvalue weighted by atomic mass is 9.94. The van der Waals surface area contributed by atoms with E-state index < -0.39 is 0 Å². The number of fused-ring (bicyclic) bond motifs is 1. The van der Waals surface area contributed by atoms with Gasteiger partial charge in [-0.15, -0.1) is 12.8 Å². The van der Waals surface area contributed by atoms with E-state index in [1.165, 1.54) is 73.9 Å². The fourth-order valence-corrected chi connectivity index (χ4v) is 4.59. The highest BCUT2D eigenvalue weighted by molar-refractivity contribution is 7.77. The number of nitrogens with one attached hydrogen (secondary N) is 1. The van der Waals surface area contributed by atoms with Gasteiger partial charge in [0.1, 0.15) is 0 Å². The average molecular weight is 480 g/mol. The van der Waals surface area contributed by atoms with Crippen LogP contribution in [0, 0.1) is 5.92 Å². The molecule has 2 unspecified atom stereocenters. The van der Waals surface area contributed by atoms with E-state index in [2.05, 4.69) is 89.4 Å². The van der Waals surface area contributed by atoms with Crippen molar-refractivity contribution >= 4 is 18.5 Å². The fourth-order valence-electron chi connectivity index (χ4n) is 4.59. The molecule has 0 spiro atoms. The molecule has 3 nitrogen and oxygen atoms in total. The summed E-state index contributed by atoms with van der Waals surface area (Å²) in [6.07, 6.45) is 13.2. The molecule has 3 N–H and O–H groups in total. The Hall–Kier alpha value is -0.970. The Balaban J connectivity index is 0. The number of nitrogens with zero attached hydrogens (tertiary/aromatic N) is 1. The highest BCUT2D eigenvalue weighted by Gasteiger charge is 2.19. The van der Waals surface area contributed by atoms with Gasteiger partial charge in [0.25, 0.3) is 0 Å². The van der Waals surface area contributed by atoms with Crippen molar-refractivity contribution in [3.05, 3.63) is 41.1 Å². The van der Waals surface area contributed by atoms with Gasteiger partial charge in [-0.25, -0.2) is 0 Å². The van der Waals surface area contributed by atoms with Crippen LogP contribution in [0.2, 0.25) is 0 Å². The molecule has 0 fully saturated rings. The Morgan fingerprint density at radius 1 is 1.12 bits per heavy atom. The summed E-state index contributed by atoms with van der Waals surface area (Å²) in [5, 5.41) is 7.56. The molecule has 1 aromatic carbocycles. The number of nitrogens with two attached hydrogens (primary N) is 1. The van der Waals surface area contributed by atoms with Crippen molar-refractivity contribution < 1.29 is 0 Å². The fraction of sp³-hybridized carbons (Fsp3) is 0.724. The molecule has 0 bridgehead atoms. The van der Waals surface area contributed by atoms with Crippen molar-refractivity contribution in [3.8, 4) is 0 Å². The summed E-state index contributed by atoms with van der Waals surface area (Å²) in [7, 11) is 2.25. The van der Waals surface area contributed by atoms with Crippen LogP contribution in [0.25, 0.3) is 0 Å². The largest absolute Gasteiger partial charge is 0.362 e. The molecule has 0 aliphatic heterocycles. The van der Waals surface area contributed by atoms with Crippen LogP contribution in [0.4, 0.5) is 5.69 Å². The zero-order chi connectivity index (χ0) is 25.8. The topological polar surface area (TPSA) is 41.3 Å². The lowest BCUT2D eigenvalue weighted by molar-refractivity contribution is 0.204. The van der Waals surface area contributed by atoms with Crippen LogP contribution in [0.15, 0.2) is 18.8 Å². The zero-order valence-electron chi connectivity index (χ0n) is 23.6. The van der Waals surface area contributed by atoms with Gasteiger partial charge < -0.3 is 10.2 Å². The lowest BCUT2D eigenvalue weighted by Crippen LogP contribution is -2.32. The number of anilines is 1. The molecule has 0 saturated heterocycles. The van der Waals surface area contributed by atoms with Crippen LogP contribution in [0.1, 0.15) is 110 Å². The first kappa shape index (κ1) is 34.2. The first-order valence-electron chi connectivity index (χ1n) is 13.5. The van der Waals surface area contributed by atoms with Gasteiger partial charge in [-0.1, -0.05) is 80.9 Å². The standard InChI is InChI=1S/C15H21N.C12H27N.C2H6.H3NS/c1-4-11-10-12-8-7-9-14(12)15(16-6-3)13(11)5-2;1-6-9-12(13(5)8-3)10-11(4)7-2;2*1-2/h6,10,16H,3-5,7-9H2,1-2H3;11-12H,6-10H2,1-5H3;1-2H3;2H,1H2. The van der Waals surface area contributed by atoms with Crippen LogP contribution in [0.3, 0.4) is 0 Å². The van der Waals surface area contributed by atoms with E-state index in [0.717, 1.165) is 24.8 Å². The molecule has 2 atom stereocenters. The van der Waals surface area contributed by atoms with E-state index in [-0.39, 0.29) is 0 Å². The minimum atomic E-state index is 0.810. The molecule has 0 amide bonds. The number of aryl methyl sites for hydroxylation is 2. The molecule has 2 rings (SSSR count). The van der Waals surface area contributed by atoms with Gasteiger partial charge in [0.05, 0.1) is 0 Å². The first-order valence-corrected chi connectivity index (χ1v) is 14.0. The molecule has 1 aliphatic rings. The molecule has 4 heteroatoms. The smallest absolute Gasteiger partial charge is 0.0450 e. The van der Waals surface area contributed by atoms with Gasteiger partial charge in [0.2, 0.25) is 0 Å². The molecule has 33 heavy (non-hydrogen) atoms. The Morgan fingerprint density at radius 3 is 2.21 bits per heavy atom. The van der Waals surface area contributed by atoms with E-state index in [1.807, 2.05) is 20.0 Å². The first-order chi connectivity index (χ1) is 16.0. The summed E-state index contributed by atoms with van der Waals surface area (Å²) in [6.45, 7) is 22.7. The predicted octanol–water partition coefficient (Wildman–Crippen LogP) is 8.21. The molecule has 0 aromatic heterocycles. The number of hydrogen-bond donors (Lipinski definition) is 3. The number of rotatable bonds is 11. The normalized spacial score (nSPS) is 13.3. The van der Waals surface area contributed by atoms with Gasteiger partial charge in [-0.05, 0) is 92.9 Å². The van der Waals surface area contributed by atoms with Gasteiger partial charge in [-0.2, -0.15) is 0 Å². The molecule has 0 heterocycles. The SMILES string of the molecule is C=CNc1c(CC)c(CC)cc2c1CCC2.CC.CCCC(CC(C)CC)N(C)CC.NS. The van der Waals surface area contributed by atoms with Gasteiger partial charge in [-0.3, -0.25) is 5.14 Å². The minimum Gasteiger partial charge on any atom is -0.362 e. The van der Waals surface area contributed by atoms with E-state index in [4.69, 9.17) is 0 Å². The molecule has 194 valence electrons. The van der Waals surface area contributed by atoms with Gasteiger partial charge in [0, 0.05) is 11.7 Å². The highest BCUT2D eigenvalue weighted by atomic mass is 32.1. The molecule has 0 saturated carbocycles. The second-order valence-corrected chi connectivity index (χ2v) is 8.70. The maximum absolute atomic E-state index is 4.19. The second kappa shape index (κ2) is 21.6.